The summed E-state index contributed by atoms with van der Waals surface area (Å²) >= 11 is 0. The molecule has 0 fully saturated rings. The molecule has 0 amide bonds. The van der Waals surface area contributed by atoms with Crippen molar-refractivity contribution in [2.24, 2.45) is 0 Å². The highest BCUT2D eigenvalue weighted by Gasteiger charge is 2.30. The summed E-state index contributed by atoms with van der Waals surface area (Å²) in [6, 6.07) is 11.5. The van der Waals surface area contributed by atoms with Crippen LogP contribution in [0.1, 0.15) is 22.4 Å². The molecule has 0 atom stereocenters. The molecule has 2 aromatic carbocycles. The number of aromatic nitrogens is 2. The van der Waals surface area contributed by atoms with Gasteiger partial charge in [-0.3, -0.25) is 9.69 Å². The van der Waals surface area contributed by atoms with Crippen LogP contribution < -0.4 is 5.56 Å². The fourth-order valence-corrected chi connectivity index (χ4v) is 3.43. The zero-order valence-corrected chi connectivity index (χ0v) is 15.3. The van der Waals surface area contributed by atoms with E-state index in [2.05, 4.69) is 14.9 Å². The van der Waals surface area contributed by atoms with Gasteiger partial charge in [0.25, 0.3) is 5.56 Å². The minimum absolute atomic E-state index is 0.203. The van der Waals surface area contributed by atoms with Gasteiger partial charge in [-0.1, -0.05) is 24.3 Å². The highest BCUT2D eigenvalue weighted by molar-refractivity contribution is 5.56. The summed E-state index contributed by atoms with van der Waals surface area (Å²) in [7, 11) is 0. The van der Waals surface area contributed by atoms with Crippen LogP contribution >= 0.6 is 0 Å². The lowest BCUT2D eigenvalue weighted by Gasteiger charge is -2.27. The summed E-state index contributed by atoms with van der Waals surface area (Å²) in [5.74, 6) is 0.476. The Hall–Kier alpha value is -3.13. The molecule has 0 saturated carbocycles. The zero-order chi connectivity index (χ0) is 20.6. The topological polar surface area (TPSA) is 69.2 Å². The number of halogens is 3. The second kappa shape index (κ2) is 7.36. The van der Waals surface area contributed by atoms with Crippen LogP contribution in [0.5, 0.6) is 5.75 Å². The molecule has 0 aliphatic carbocycles. The Kier molecular flexibility index (Phi) is 4.87. The van der Waals surface area contributed by atoms with Crippen LogP contribution in [0.4, 0.5) is 13.2 Å². The van der Waals surface area contributed by atoms with Crippen molar-refractivity contribution in [1.82, 2.24) is 14.9 Å². The van der Waals surface area contributed by atoms with Crippen LogP contribution in [0.2, 0.25) is 0 Å². The van der Waals surface area contributed by atoms with Crippen LogP contribution in [0.15, 0.2) is 53.3 Å². The highest BCUT2D eigenvalue weighted by Crippen LogP contribution is 2.30. The van der Waals surface area contributed by atoms with Gasteiger partial charge in [0.15, 0.2) is 0 Å². The summed E-state index contributed by atoms with van der Waals surface area (Å²) in [6.07, 6.45) is -3.83. The molecule has 3 aromatic rings. The van der Waals surface area contributed by atoms with Crippen molar-refractivity contribution >= 4 is 0 Å². The molecule has 8 heteroatoms. The molecule has 0 spiro atoms. The molecule has 0 saturated heterocycles. The number of aromatic amines is 1. The van der Waals surface area contributed by atoms with Crippen LogP contribution in [-0.4, -0.2) is 26.5 Å². The van der Waals surface area contributed by atoms with E-state index in [4.69, 9.17) is 0 Å². The predicted molar refractivity (Wildman–Crippen MR) is 101 cm³/mol. The molecule has 1 aromatic heterocycles. The molecule has 1 aliphatic heterocycles. The van der Waals surface area contributed by atoms with Crippen LogP contribution in [-0.2, 0) is 25.7 Å². The smallest absolute Gasteiger partial charge is 0.416 e. The van der Waals surface area contributed by atoms with Gasteiger partial charge >= 0.3 is 6.18 Å². The molecule has 4 rings (SSSR count). The van der Waals surface area contributed by atoms with Crippen molar-refractivity contribution in [3.8, 4) is 17.1 Å². The lowest BCUT2D eigenvalue weighted by molar-refractivity contribution is -0.137. The van der Waals surface area contributed by atoms with Crippen molar-refractivity contribution in [1.29, 1.82) is 0 Å². The third kappa shape index (κ3) is 4.17. The van der Waals surface area contributed by atoms with E-state index in [1.807, 2.05) is 12.1 Å². The molecule has 2 heterocycles. The number of hydrogen-bond donors (Lipinski definition) is 2. The van der Waals surface area contributed by atoms with E-state index >= 15 is 0 Å². The Morgan fingerprint density at radius 1 is 1.07 bits per heavy atom. The largest absolute Gasteiger partial charge is 0.508 e. The van der Waals surface area contributed by atoms with Gasteiger partial charge in [-0.25, -0.2) is 4.98 Å². The van der Waals surface area contributed by atoms with Gasteiger partial charge in [0.2, 0.25) is 0 Å². The first-order chi connectivity index (χ1) is 13.8. The number of fused-ring (bicyclic) bond motifs is 1. The molecule has 2 N–H and O–H groups in total. The van der Waals surface area contributed by atoms with E-state index in [-0.39, 0.29) is 17.1 Å². The van der Waals surface area contributed by atoms with Crippen LogP contribution in [0.25, 0.3) is 11.4 Å². The normalized spacial score (nSPS) is 14.6. The minimum atomic E-state index is -4.41. The van der Waals surface area contributed by atoms with Gasteiger partial charge < -0.3 is 10.1 Å². The van der Waals surface area contributed by atoms with Gasteiger partial charge in [0.1, 0.15) is 11.6 Å². The fraction of sp³-hybridized carbons (Fsp3) is 0.238. The van der Waals surface area contributed by atoms with E-state index in [1.54, 1.807) is 12.1 Å². The molecule has 0 bridgehead atoms. The van der Waals surface area contributed by atoms with E-state index in [0.29, 0.717) is 42.9 Å². The maximum Gasteiger partial charge on any atom is 0.416 e. The number of aromatic hydroxyl groups is 1. The number of alkyl halides is 3. The molecule has 1 aliphatic rings. The third-order valence-corrected chi connectivity index (χ3v) is 4.98. The Bertz CT molecular complexity index is 1070. The molecule has 5 nitrogen and oxygen atoms in total. The van der Waals surface area contributed by atoms with E-state index in [9.17, 15) is 23.1 Å². The van der Waals surface area contributed by atoms with Gasteiger partial charge in [-0.05, 0) is 29.8 Å². The fourth-order valence-electron chi connectivity index (χ4n) is 3.43. The SMILES string of the molecule is O=c1[nH]c(-c2ccc(C(F)(F)F)cc2)nc2c1CN(Cc1ccc(O)cc1)CC2. The first-order valence-corrected chi connectivity index (χ1v) is 9.09. The number of H-pyrrole nitrogens is 1. The Morgan fingerprint density at radius 3 is 2.41 bits per heavy atom. The number of phenolic OH excluding ortho intramolecular Hbond substituents is 1. The van der Waals surface area contributed by atoms with Crippen molar-refractivity contribution in [2.45, 2.75) is 25.7 Å². The number of phenols is 1. The van der Waals surface area contributed by atoms with Gasteiger partial charge in [-0.2, -0.15) is 13.2 Å². The molecule has 0 unspecified atom stereocenters. The van der Waals surface area contributed by atoms with Gasteiger partial charge in [0.05, 0.1) is 16.8 Å². The quantitative estimate of drug-likeness (QED) is 0.702. The maximum atomic E-state index is 12.7. The molecular formula is C21H18F3N3O2. The van der Waals surface area contributed by atoms with Gasteiger partial charge in [0, 0.05) is 31.6 Å². The Morgan fingerprint density at radius 2 is 1.76 bits per heavy atom. The Labute approximate surface area is 164 Å². The summed E-state index contributed by atoms with van der Waals surface area (Å²) in [5, 5.41) is 9.38. The number of benzene rings is 2. The van der Waals surface area contributed by atoms with Crippen molar-refractivity contribution < 1.29 is 18.3 Å². The summed E-state index contributed by atoms with van der Waals surface area (Å²) in [4.78, 5) is 21.9. The van der Waals surface area contributed by atoms with Crippen molar-refractivity contribution in [2.75, 3.05) is 6.54 Å². The number of nitrogens with zero attached hydrogens (tertiary/aromatic N) is 2. The van der Waals surface area contributed by atoms with E-state index < -0.39 is 11.7 Å². The molecule has 150 valence electrons. The van der Waals surface area contributed by atoms with Crippen LogP contribution in [0.3, 0.4) is 0 Å². The van der Waals surface area contributed by atoms with Crippen molar-refractivity contribution in [3.05, 3.63) is 81.3 Å². The van der Waals surface area contributed by atoms with Gasteiger partial charge in [-0.15, -0.1) is 0 Å². The number of hydrogen-bond acceptors (Lipinski definition) is 4. The standard InChI is InChI=1S/C21H18F3N3O2/c22-21(23,24)15-5-3-14(4-6-15)19-25-18-9-10-27(12-17(18)20(29)26-19)11-13-1-7-16(28)8-2-13/h1-8,28H,9-12H2,(H,25,26,29). The third-order valence-electron chi connectivity index (χ3n) is 4.98. The average Bonchev–Trinajstić information content (AvgIpc) is 2.69. The lowest BCUT2D eigenvalue weighted by Crippen LogP contribution is -2.35. The predicted octanol–water partition coefficient (Wildman–Crippen LogP) is 3.72. The minimum Gasteiger partial charge on any atom is -0.508 e. The molecular weight excluding hydrogens is 383 g/mol. The monoisotopic (exact) mass is 401 g/mol. The zero-order valence-electron chi connectivity index (χ0n) is 15.3. The molecule has 0 radical (unpaired) electrons. The second-order valence-corrected chi connectivity index (χ2v) is 7.04. The average molecular weight is 401 g/mol. The lowest BCUT2D eigenvalue weighted by atomic mass is 10.0. The number of rotatable bonds is 3. The Balaban J connectivity index is 1.55. The first kappa shape index (κ1) is 19.2. The highest BCUT2D eigenvalue weighted by atomic mass is 19.4. The number of nitrogens with one attached hydrogen (secondary N) is 1. The summed E-state index contributed by atoms with van der Waals surface area (Å²) in [5.41, 5.74) is 1.68. The van der Waals surface area contributed by atoms with E-state index in [0.717, 1.165) is 17.7 Å². The summed E-state index contributed by atoms with van der Waals surface area (Å²) in [6.45, 7) is 1.78. The second-order valence-electron chi connectivity index (χ2n) is 7.04. The maximum absolute atomic E-state index is 12.7. The first-order valence-electron chi connectivity index (χ1n) is 9.09. The summed E-state index contributed by atoms with van der Waals surface area (Å²) < 4.78 is 38.2. The van der Waals surface area contributed by atoms with Crippen molar-refractivity contribution in [3.63, 3.8) is 0 Å². The van der Waals surface area contributed by atoms with E-state index in [1.165, 1.54) is 12.1 Å². The molecule has 29 heavy (non-hydrogen) atoms. The van der Waals surface area contributed by atoms with Crippen LogP contribution in [0, 0.1) is 0 Å².